The predicted molar refractivity (Wildman–Crippen MR) is 121 cm³/mol. The summed E-state index contributed by atoms with van der Waals surface area (Å²) in [4.78, 5) is 15.2. The van der Waals surface area contributed by atoms with Crippen molar-refractivity contribution >= 4 is 18.2 Å². The van der Waals surface area contributed by atoms with E-state index in [1.165, 1.54) is 0 Å². The van der Waals surface area contributed by atoms with Crippen molar-refractivity contribution in [1.82, 2.24) is 4.90 Å². The standard InChI is InChI=1S/C24H33NO3.ClH/c1-18(2)25(19(3)4)16-22(26)17-28-23(15-20-11-7-5-8-12-20)24(27)21-13-9-6-10-14-21;/h5-14,18-19,22-23,26H,15-17H2,1-4H3;1H. The van der Waals surface area contributed by atoms with Gasteiger partial charge in [0.05, 0.1) is 12.7 Å². The van der Waals surface area contributed by atoms with Crippen LogP contribution in [-0.4, -0.2) is 53.2 Å². The van der Waals surface area contributed by atoms with E-state index in [0.717, 1.165) is 5.56 Å². The first kappa shape index (κ1) is 25.3. The first-order chi connectivity index (χ1) is 13.4. The molecule has 0 radical (unpaired) electrons. The Kier molecular flexibility index (Phi) is 11.1. The van der Waals surface area contributed by atoms with Crippen molar-refractivity contribution < 1.29 is 14.6 Å². The second-order valence-electron chi connectivity index (χ2n) is 7.78. The molecule has 0 aliphatic heterocycles. The highest BCUT2D eigenvalue weighted by Crippen LogP contribution is 2.14. The van der Waals surface area contributed by atoms with Gasteiger partial charge in [-0.25, -0.2) is 0 Å². The average molecular weight is 420 g/mol. The molecule has 2 unspecified atom stereocenters. The first-order valence-electron chi connectivity index (χ1n) is 10.1. The Morgan fingerprint density at radius 3 is 1.97 bits per heavy atom. The number of Topliss-reactive ketones (excluding diaryl/α,β-unsaturated/α-hetero) is 1. The molecule has 160 valence electrons. The summed E-state index contributed by atoms with van der Waals surface area (Å²) in [6.45, 7) is 9.11. The van der Waals surface area contributed by atoms with Crippen LogP contribution in [0.3, 0.4) is 0 Å². The lowest BCUT2D eigenvalue weighted by Gasteiger charge is -2.32. The van der Waals surface area contributed by atoms with Gasteiger partial charge >= 0.3 is 0 Å². The Morgan fingerprint density at radius 2 is 1.45 bits per heavy atom. The van der Waals surface area contributed by atoms with Crippen LogP contribution in [0, 0.1) is 0 Å². The lowest BCUT2D eigenvalue weighted by molar-refractivity contribution is -0.0207. The lowest BCUT2D eigenvalue weighted by Crippen LogP contribution is -2.44. The molecule has 0 spiro atoms. The molecule has 0 bridgehead atoms. The molecule has 0 aliphatic rings. The first-order valence-corrected chi connectivity index (χ1v) is 10.1. The molecule has 0 aliphatic carbocycles. The minimum atomic E-state index is -0.647. The van der Waals surface area contributed by atoms with E-state index in [2.05, 4.69) is 32.6 Å². The van der Waals surface area contributed by atoms with Crippen LogP contribution < -0.4 is 0 Å². The van der Waals surface area contributed by atoms with Gasteiger partial charge in [0.2, 0.25) is 0 Å². The van der Waals surface area contributed by atoms with Gasteiger partial charge in [-0.3, -0.25) is 9.69 Å². The van der Waals surface area contributed by atoms with Crippen molar-refractivity contribution in [2.75, 3.05) is 13.2 Å². The molecule has 0 saturated heterocycles. The largest absolute Gasteiger partial charge is 0.389 e. The zero-order valence-electron chi connectivity index (χ0n) is 17.8. The molecule has 5 heteroatoms. The third kappa shape index (κ3) is 8.27. The molecule has 2 aromatic rings. The SMILES string of the molecule is CC(C)N(CC(O)COC(Cc1ccccc1)C(=O)c1ccccc1)C(C)C.Cl. The molecule has 29 heavy (non-hydrogen) atoms. The summed E-state index contributed by atoms with van der Waals surface area (Å²) in [5.41, 5.74) is 1.67. The molecule has 0 aromatic heterocycles. The molecule has 1 N–H and O–H groups in total. The van der Waals surface area contributed by atoms with E-state index in [-0.39, 0.29) is 24.8 Å². The lowest BCUT2D eigenvalue weighted by atomic mass is 10.00. The van der Waals surface area contributed by atoms with Gasteiger partial charge in [0.25, 0.3) is 0 Å². The second kappa shape index (κ2) is 12.8. The number of nitrogens with zero attached hydrogens (tertiary/aromatic N) is 1. The van der Waals surface area contributed by atoms with Crippen molar-refractivity contribution in [2.45, 2.75) is 58.4 Å². The summed E-state index contributed by atoms with van der Waals surface area (Å²) >= 11 is 0. The van der Waals surface area contributed by atoms with Crippen LogP contribution in [0.25, 0.3) is 0 Å². The van der Waals surface area contributed by atoms with Gasteiger partial charge in [-0.2, -0.15) is 0 Å². The second-order valence-corrected chi connectivity index (χ2v) is 7.78. The van der Waals surface area contributed by atoms with E-state index in [0.29, 0.717) is 30.6 Å². The third-order valence-corrected chi connectivity index (χ3v) is 4.85. The molecule has 0 heterocycles. The van der Waals surface area contributed by atoms with Crippen molar-refractivity contribution in [2.24, 2.45) is 0 Å². The fourth-order valence-corrected chi connectivity index (χ4v) is 3.38. The van der Waals surface area contributed by atoms with Crippen LogP contribution in [0.5, 0.6) is 0 Å². The Bertz CT molecular complexity index is 699. The number of hydrogen-bond acceptors (Lipinski definition) is 4. The molecule has 2 atom stereocenters. The van der Waals surface area contributed by atoms with Gasteiger partial charge in [0, 0.05) is 30.6 Å². The van der Waals surface area contributed by atoms with E-state index in [1.807, 2.05) is 48.5 Å². The number of carbonyl (C=O) groups is 1. The molecule has 2 aromatic carbocycles. The number of aliphatic hydroxyl groups excluding tert-OH is 1. The highest BCUT2D eigenvalue weighted by molar-refractivity contribution is 5.99. The minimum Gasteiger partial charge on any atom is -0.389 e. The summed E-state index contributed by atoms with van der Waals surface area (Å²) in [7, 11) is 0. The molecular weight excluding hydrogens is 386 g/mol. The summed E-state index contributed by atoms with van der Waals surface area (Å²) < 4.78 is 5.96. The van der Waals surface area contributed by atoms with Crippen molar-refractivity contribution in [3.63, 3.8) is 0 Å². The van der Waals surface area contributed by atoms with Crippen LogP contribution in [0.15, 0.2) is 60.7 Å². The smallest absolute Gasteiger partial charge is 0.191 e. The zero-order chi connectivity index (χ0) is 20.5. The summed E-state index contributed by atoms with van der Waals surface area (Å²) in [5, 5.41) is 10.5. The molecule has 0 amide bonds. The highest BCUT2D eigenvalue weighted by Gasteiger charge is 2.24. The van der Waals surface area contributed by atoms with Crippen LogP contribution in [-0.2, 0) is 11.2 Å². The number of ketones is 1. The fraction of sp³-hybridized carbons (Fsp3) is 0.458. The monoisotopic (exact) mass is 419 g/mol. The molecule has 0 fully saturated rings. The number of hydrogen-bond donors (Lipinski definition) is 1. The average Bonchev–Trinajstić information content (AvgIpc) is 2.69. The number of rotatable bonds is 11. The van der Waals surface area contributed by atoms with Gasteiger partial charge in [-0.15, -0.1) is 12.4 Å². The van der Waals surface area contributed by atoms with E-state index >= 15 is 0 Å². The van der Waals surface area contributed by atoms with Crippen LogP contribution in [0.1, 0.15) is 43.6 Å². The highest BCUT2D eigenvalue weighted by atomic mass is 35.5. The Labute approximate surface area is 181 Å². The topological polar surface area (TPSA) is 49.8 Å². The number of carbonyl (C=O) groups excluding carboxylic acids is 1. The third-order valence-electron chi connectivity index (χ3n) is 4.85. The van der Waals surface area contributed by atoms with E-state index in [1.54, 1.807) is 12.1 Å². The molecule has 4 nitrogen and oxygen atoms in total. The van der Waals surface area contributed by atoms with E-state index in [4.69, 9.17) is 4.74 Å². The molecule has 2 rings (SSSR count). The predicted octanol–water partition coefficient (Wildman–Crippen LogP) is 4.40. The number of ether oxygens (including phenoxy) is 1. The van der Waals surface area contributed by atoms with Gasteiger partial charge in [0.1, 0.15) is 6.10 Å². The normalized spacial score (nSPS) is 13.4. The van der Waals surface area contributed by atoms with Crippen molar-refractivity contribution in [3.05, 3.63) is 71.8 Å². The summed E-state index contributed by atoms with van der Waals surface area (Å²) in [6.07, 6.45) is -0.781. The van der Waals surface area contributed by atoms with E-state index in [9.17, 15) is 9.90 Å². The summed E-state index contributed by atoms with van der Waals surface area (Å²) in [6, 6.07) is 19.7. The van der Waals surface area contributed by atoms with Gasteiger partial charge < -0.3 is 9.84 Å². The van der Waals surface area contributed by atoms with Crippen LogP contribution in [0.4, 0.5) is 0 Å². The van der Waals surface area contributed by atoms with Crippen molar-refractivity contribution in [1.29, 1.82) is 0 Å². The quantitative estimate of drug-likeness (QED) is 0.548. The van der Waals surface area contributed by atoms with Gasteiger partial charge in [-0.1, -0.05) is 60.7 Å². The van der Waals surface area contributed by atoms with Crippen LogP contribution in [0.2, 0.25) is 0 Å². The van der Waals surface area contributed by atoms with Gasteiger partial charge in [0.15, 0.2) is 5.78 Å². The Balaban J connectivity index is 0.00000420. The Morgan fingerprint density at radius 1 is 0.931 bits per heavy atom. The summed E-state index contributed by atoms with van der Waals surface area (Å²) in [5.74, 6) is -0.0544. The Hall–Kier alpha value is -1.72. The number of halogens is 1. The number of aliphatic hydroxyl groups is 1. The van der Waals surface area contributed by atoms with E-state index < -0.39 is 12.2 Å². The zero-order valence-corrected chi connectivity index (χ0v) is 18.6. The maximum atomic E-state index is 13.0. The van der Waals surface area contributed by atoms with Crippen LogP contribution >= 0.6 is 12.4 Å². The maximum absolute atomic E-state index is 13.0. The minimum absolute atomic E-state index is 0. The maximum Gasteiger partial charge on any atom is 0.191 e. The number of benzene rings is 2. The molecular formula is C24H34ClNO3. The van der Waals surface area contributed by atoms with Crippen molar-refractivity contribution in [3.8, 4) is 0 Å². The molecule has 0 saturated carbocycles. The van der Waals surface area contributed by atoms with Gasteiger partial charge in [-0.05, 0) is 33.3 Å². The fourth-order valence-electron chi connectivity index (χ4n) is 3.38.